The van der Waals surface area contributed by atoms with E-state index in [2.05, 4.69) is 5.32 Å². The molecular formula is C13H15NO5S. The lowest BCUT2D eigenvalue weighted by molar-refractivity contribution is -0.147. The number of rotatable bonds is 7. The molecule has 1 amide bonds. The third kappa shape index (κ3) is 5.31. The van der Waals surface area contributed by atoms with Crippen molar-refractivity contribution in [3.05, 3.63) is 29.8 Å². The Hall–Kier alpha value is -2.02. The fourth-order valence-corrected chi connectivity index (χ4v) is 2.31. The number of carboxylic acids is 2. The first-order valence-electron chi connectivity index (χ1n) is 5.82. The first kappa shape index (κ1) is 16.0. The first-order chi connectivity index (χ1) is 9.40. The maximum atomic E-state index is 11.6. The number of hydrogen-bond acceptors (Lipinski definition) is 4. The zero-order valence-corrected chi connectivity index (χ0v) is 11.6. The van der Waals surface area contributed by atoms with E-state index >= 15 is 0 Å². The van der Waals surface area contributed by atoms with Gasteiger partial charge in [-0.3, -0.25) is 9.59 Å². The first-order valence-corrected chi connectivity index (χ1v) is 6.81. The summed E-state index contributed by atoms with van der Waals surface area (Å²) in [5.74, 6) is -3.10. The number of carbonyl (C=O) groups is 3. The van der Waals surface area contributed by atoms with Gasteiger partial charge in [0.2, 0.25) is 5.91 Å². The van der Waals surface area contributed by atoms with Gasteiger partial charge < -0.3 is 15.5 Å². The summed E-state index contributed by atoms with van der Waals surface area (Å²) in [6.45, 7) is 1.91. The zero-order chi connectivity index (χ0) is 15.1. The number of aryl methyl sites for hydroxylation is 1. The van der Waals surface area contributed by atoms with Gasteiger partial charge in [-0.15, -0.1) is 11.8 Å². The van der Waals surface area contributed by atoms with Crippen molar-refractivity contribution < 1.29 is 24.6 Å². The van der Waals surface area contributed by atoms with Crippen LogP contribution in [0.4, 0.5) is 0 Å². The molecule has 0 aliphatic heterocycles. The standard InChI is InChI=1S/C13H15NO5S/c1-8-4-2-3-5-10(8)20-7-11(15)14-9(13(18)19)6-12(16)17/h2-5,9H,6-7H2,1H3,(H,14,15)(H,16,17)(H,18,19). The van der Waals surface area contributed by atoms with Gasteiger partial charge in [0.05, 0.1) is 12.2 Å². The van der Waals surface area contributed by atoms with E-state index in [1.165, 1.54) is 11.8 Å². The molecule has 0 aliphatic carbocycles. The van der Waals surface area contributed by atoms with Crippen LogP contribution >= 0.6 is 11.8 Å². The van der Waals surface area contributed by atoms with Crippen molar-refractivity contribution >= 4 is 29.6 Å². The minimum Gasteiger partial charge on any atom is -0.481 e. The summed E-state index contributed by atoms with van der Waals surface area (Å²) in [6, 6.07) is 6.09. The molecule has 3 N–H and O–H groups in total. The van der Waals surface area contributed by atoms with E-state index < -0.39 is 30.3 Å². The number of amides is 1. The molecule has 0 radical (unpaired) electrons. The second kappa shape index (κ2) is 7.54. The van der Waals surface area contributed by atoms with Crippen molar-refractivity contribution in [3.63, 3.8) is 0 Å². The van der Waals surface area contributed by atoms with Gasteiger partial charge in [-0.2, -0.15) is 0 Å². The van der Waals surface area contributed by atoms with Crippen molar-refractivity contribution in [2.24, 2.45) is 0 Å². The van der Waals surface area contributed by atoms with Crippen LogP contribution in [0.2, 0.25) is 0 Å². The van der Waals surface area contributed by atoms with Gasteiger partial charge in [0.1, 0.15) is 6.04 Å². The quantitative estimate of drug-likeness (QED) is 0.652. The molecule has 6 nitrogen and oxygen atoms in total. The van der Waals surface area contributed by atoms with Crippen LogP contribution in [-0.2, 0) is 14.4 Å². The van der Waals surface area contributed by atoms with Crippen LogP contribution in [0.1, 0.15) is 12.0 Å². The molecule has 0 bridgehead atoms. The third-order valence-corrected chi connectivity index (χ3v) is 3.64. The SMILES string of the molecule is Cc1ccccc1SCC(=O)NC(CC(=O)O)C(=O)O. The fourth-order valence-electron chi connectivity index (χ4n) is 1.47. The Bertz CT molecular complexity index is 517. The lowest BCUT2D eigenvalue weighted by atomic mass is 10.2. The fraction of sp³-hybridized carbons (Fsp3) is 0.308. The highest BCUT2D eigenvalue weighted by Gasteiger charge is 2.22. The normalized spacial score (nSPS) is 11.7. The largest absolute Gasteiger partial charge is 0.481 e. The van der Waals surface area contributed by atoms with Gasteiger partial charge in [-0.05, 0) is 18.6 Å². The molecule has 0 saturated carbocycles. The van der Waals surface area contributed by atoms with Crippen LogP contribution in [0.15, 0.2) is 29.2 Å². The molecule has 0 aliphatic rings. The highest BCUT2D eigenvalue weighted by atomic mass is 32.2. The molecule has 1 atom stereocenters. The Morgan fingerprint density at radius 3 is 2.45 bits per heavy atom. The van der Waals surface area contributed by atoms with Crippen molar-refractivity contribution in [3.8, 4) is 0 Å². The predicted octanol–water partition coefficient (Wildman–Crippen LogP) is 1.13. The summed E-state index contributed by atoms with van der Waals surface area (Å²) in [6.07, 6.45) is -0.643. The maximum absolute atomic E-state index is 11.6. The van der Waals surface area contributed by atoms with E-state index in [4.69, 9.17) is 10.2 Å². The Labute approximate surface area is 120 Å². The van der Waals surface area contributed by atoms with Crippen LogP contribution in [0, 0.1) is 6.92 Å². The number of nitrogens with one attached hydrogen (secondary N) is 1. The van der Waals surface area contributed by atoms with E-state index in [-0.39, 0.29) is 5.75 Å². The van der Waals surface area contributed by atoms with Crippen LogP contribution in [0.5, 0.6) is 0 Å². The van der Waals surface area contributed by atoms with Crippen LogP contribution in [0.25, 0.3) is 0 Å². The molecule has 108 valence electrons. The Morgan fingerprint density at radius 1 is 1.25 bits per heavy atom. The Morgan fingerprint density at radius 2 is 1.90 bits per heavy atom. The Kier molecular flexibility index (Phi) is 6.05. The summed E-state index contributed by atoms with van der Waals surface area (Å²) < 4.78 is 0. The smallest absolute Gasteiger partial charge is 0.326 e. The minimum absolute atomic E-state index is 0.0360. The molecular weight excluding hydrogens is 282 g/mol. The number of carboxylic acid groups (broad SMARTS) is 2. The van der Waals surface area contributed by atoms with Gasteiger partial charge in [0.25, 0.3) is 0 Å². The van der Waals surface area contributed by atoms with Crippen molar-refractivity contribution in [1.29, 1.82) is 0 Å². The van der Waals surface area contributed by atoms with E-state index in [1.807, 2.05) is 31.2 Å². The number of thioether (sulfide) groups is 1. The third-order valence-electron chi connectivity index (χ3n) is 2.46. The molecule has 1 rings (SSSR count). The zero-order valence-electron chi connectivity index (χ0n) is 10.8. The lowest BCUT2D eigenvalue weighted by Crippen LogP contribution is -2.43. The van der Waals surface area contributed by atoms with Crippen LogP contribution in [0.3, 0.4) is 0 Å². The maximum Gasteiger partial charge on any atom is 0.326 e. The molecule has 20 heavy (non-hydrogen) atoms. The van der Waals surface area contributed by atoms with Crippen molar-refractivity contribution in [1.82, 2.24) is 5.32 Å². The van der Waals surface area contributed by atoms with Gasteiger partial charge in [-0.1, -0.05) is 18.2 Å². The molecule has 7 heteroatoms. The van der Waals surface area contributed by atoms with Gasteiger partial charge in [0, 0.05) is 4.90 Å². The van der Waals surface area contributed by atoms with Crippen LogP contribution < -0.4 is 5.32 Å². The van der Waals surface area contributed by atoms with Crippen molar-refractivity contribution in [2.45, 2.75) is 24.3 Å². The molecule has 1 aromatic rings. The number of carbonyl (C=O) groups excluding carboxylic acids is 1. The minimum atomic E-state index is -1.41. The van der Waals surface area contributed by atoms with Crippen molar-refractivity contribution in [2.75, 3.05) is 5.75 Å². The molecule has 0 aromatic heterocycles. The number of aliphatic carboxylic acids is 2. The molecule has 0 heterocycles. The highest BCUT2D eigenvalue weighted by molar-refractivity contribution is 8.00. The molecule has 0 spiro atoms. The summed E-state index contributed by atoms with van der Waals surface area (Å²) in [5.41, 5.74) is 1.02. The van der Waals surface area contributed by atoms with Gasteiger partial charge in [0.15, 0.2) is 0 Å². The lowest BCUT2D eigenvalue weighted by Gasteiger charge is -2.12. The van der Waals surface area contributed by atoms with E-state index in [9.17, 15) is 14.4 Å². The summed E-state index contributed by atoms with van der Waals surface area (Å²) >= 11 is 1.28. The summed E-state index contributed by atoms with van der Waals surface area (Å²) in [4.78, 5) is 33.9. The molecule has 1 aromatic carbocycles. The average Bonchev–Trinajstić information content (AvgIpc) is 2.36. The monoisotopic (exact) mass is 297 g/mol. The van der Waals surface area contributed by atoms with E-state index in [0.717, 1.165) is 10.5 Å². The number of benzene rings is 1. The molecule has 0 saturated heterocycles. The second-order valence-electron chi connectivity index (χ2n) is 4.11. The van der Waals surface area contributed by atoms with E-state index in [1.54, 1.807) is 0 Å². The summed E-state index contributed by atoms with van der Waals surface area (Å²) in [5, 5.41) is 19.6. The topological polar surface area (TPSA) is 104 Å². The molecule has 1 unspecified atom stereocenters. The summed E-state index contributed by atoms with van der Waals surface area (Å²) in [7, 11) is 0. The Balaban J connectivity index is 2.52. The highest BCUT2D eigenvalue weighted by Crippen LogP contribution is 2.21. The average molecular weight is 297 g/mol. The predicted molar refractivity (Wildman–Crippen MR) is 73.7 cm³/mol. The second-order valence-corrected chi connectivity index (χ2v) is 5.13. The van der Waals surface area contributed by atoms with Gasteiger partial charge >= 0.3 is 11.9 Å². The molecule has 0 fully saturated rings. The van der Waals surface area contributed by atoms with E-state index in [0.29, 0.717) is 0 Å². The number of hydrogen-bond donors (Lipinski definition) is 3. The van der Waals surface area contributed by atoms with Gasteiger partial charge in [-0.25, -0.2) is 4.79 Å². The van der Waals surface area contributed by atoms with Crippen LogP contribution in [-0.4, -0.2) is 39.9 Å².